The zero-order chi connectivity index (χ0) is 41.7. The van der Waals surface area contributed by atoms with Gasteiger partial charge in [0.2, 0.25) is 0 Å². The Morgan fingerprint density at radius 2 is 0.746 bits per heavy atom. The third kappa shape index (κ3) is 5.87. The summed E-state index contributed by atoms with van der Waals surface area (Å²) in [6.45, 7) is 0. The van der Waals surface area contributed by atoms with E-state index in [1.807, 2.05) is 0 Å². The van der Waals surface area contributed by atoms with Gasteiger partial charge in [-0.15, -0.1) is 0 Å². The highest BCUT2D eigenvalue weighted by molar-refractivity contribution is 5.98. The first-order valence-corrected chi connectivity index (χ1v) is 21.8. The second-order valence-electron chi connectivity index (χ2n) is 16.4. The first kappa shape index (κ1) is 36.6. The van der Waals surface area contributed by atoms with E-state index in [2.05, 4.69) is 265 Å². The second kappa shape index (κ2) is 15.1. The SMILES string of the molecule is c1ccc(-c2ccc(N(c3ccc4c(c3)-c3ccccc3C43c4ccccc4N(c4ccccc4)c4ccccc43)c3ccc(-c4ccccc4)cc3-c3ccccc3)cc2)cc1. The van der Waals surface area contributed by atoms with Crippen LogP contribution in [0.5, 0.6) is 0 Å². The van der Waals surface area contributed by atoms with Crippen LogP contribution >= 0.6 is 0 Å². The van der Waals surface area contributed by atoms with Gasteiger partial charge in [-0.1, -0.05) is 194 Å². The molecule has 1 heterocycles. The Morgan fingerprint density at radius 1 is 0.286 bits per heavy atom. The smallest absolute Gasteiger partial charge is 0.0754 e. The van der Waals surface area contributed by atoms with Crippen LogP contribution in [0.1, 0.15) is 22.3 Å². The maximum Gasteiger partial charge on any atom is 0.0754 e. The van der Waals surface area contributed by atoms with E-state index in [4.69, 9.17) is 0 Å². The number of para-hydroxylation sites is 3. The zero-order valence-corrected chi connectivity index (χ0v) is 34.6. The number of fused-ring (bicyclic) bond motifs is 9. The van der Waals surface area contributed by atoms with Gasteiger partial charge in [-0.05, 0) is 122 Å². The van der Waals surface area contributed by atoms with Crippen LogP contribution in [0.4, 0.5) is 34.1 Å². The lowest BCUT2D eigenvalue weighted by molar-refractivity contribution is 0.752. The van der Waals surface area contributed by atoms with E-state index in [-0.39, 0.29) is 0 Å². The summed E-state index contributed by atoms with van der Waals surface area (Å²) in [6.07, 6.45) is 0. The van der Waals surface area contributed by atoms with E-state index in [0.29, 0.717) is 0 Å². The molecular weight excluding hydrogens is 761 g/mol. The summed E-state index contributed by atoms with van der Waals surface area (Å²) in [4.78, 5) is 4.90. The molecule has 12 rings (SSSR count). The van der Waals surface area contributed by atoms with Crippen molar-refractivity contribution in [3.8, 4) is 44.5 Å². The van der Waals surface area contributed by atoms with Crippen molar-refractivity contribution in [1.82, 2.24) is 0 Å². The van der Waals surface area contributed by atoms with Gasteiger partial charge in [0.15, 0.2) is 0 Å². The van der Waals surface area contributed by atoms with Crippen molar-refractivity contribution in [2.45, 2.75) is 5.41 Å². The fourth-order valence-electron chi connectivity index (χ4n) is 10.3. The number of rotatable bonds is 7. The minimum Gasteiger partial charge on any atom is -0.310 e. The Bertz CT molecular complexity index is 3220. The van der Waals surface area contributed by atoms with Gasteiger partial charge in [0.25, 0.3) is 0 Å². The van der Waals surface area contributed by atoms with E-state index in [1.54, 1.807) is 0 Å². The molecule has 0 aromatic heterocycles. The maximum atomic E-state index is 2.46. The van der Waals surface area contributed by atoms with E-state index in [1.165, 1.54) is 72.6 Å². The van der Waals surface area contributed by atoms with Crippen LogP contribution in [0, 0.1) is 0 Å². The molecule has 1 aliphatic heterocycles. The molecular formula is C61H42N2. The number of hydrogen-bond donors (Lipinski definition) is 0. The molecule has 10 aromatic carbocycles. The van der Waals surface area contributed by atoms with Crippen LogP contribution in [-0.2, 0) is 5.41 Å². The molecule has 0 fully saturated rings. The highest BCUT2D eigenvalue weighted by Crippen LogP contribution is 2.64. The quantitative estimate of drug-likeness (QED) is 0.158. The summed E-state index contributed by atoms with van der Waals surface area (Å²) in [5.74, 6) is 0. The van der Waals surface area contributed by atoms with Crippen molar-refractivity contribution in [2.24, 2.45) is 0 Å². The minimum atomic E-state index is -0.530. The van der Waals surface area contributed by atoms with Crippen molar-refractivity contribution in [1.29, 1.82) is 0 Å². The Morgan fingerprint density at radius 3 is 1.38 bits per heavy atom. The first-order chi connectivity index (χ1) is 31.3. The molecule has 0 unspecified atom stereocenters. The standard InChI is InChI=1S/C61H42N2/c1-5-19-43(20-6-1)45-33-36-49(37-34-45)62(58-40-35-47(44-21-7-2-8-22-44)41-52(58)46-23-9-3-10-24-46)50-38-39-55-53(42-50)51-27-13-14-28-54(51)61(55)56-29-15-17-31-59(56)63(48-25-11-4-12-26-48)60-32-18-16-30-57(60)61/h1-42H. The predicted molar refractivity (Wildman–Crippen MR) is 263 cm³/mol. The largest absolute Gasteiger partial charge is 0.310 e. The average molecular weight is 803 g/mol. The monoisotopic (exact) mass is 802 g/mol. The van der Waals surface area contributed by atoms with Gasteiger partial charge < -0.3 is 9.80 Å². The lowest BCUT2D eigenvalue weighted by atomic mass is 9.64. The van der Waals surface area contributed by atoms with Crippen molar-refractivity contribution < 1.29 is 0 Å². The van der Waals surface area contributed by atoms with Gasteiger partial charge in [-0.3, -0.25) is 0 Å². The molecule has 296 valence electrons. The van der Waals surface area contributed by atoms with Gasteiger partial charge >= 0.3 is 0 Å². The molecule has 0 saturated heterocycles. The summed E-state index contributed by atoms with van der Waals surface area (Å²) in [5, 5.41) is 0. The fourth-order valence-corrected chi connectivity index (χ4v) is 10.3. The number of nitrogens with zero attached hydrogens (tertiary/aromatic N) is 2. The normalized spacial score (nSPS) is 12.9. The van der Waals surface area contributed by atoms with E-state index >= 15 is 0 Å². The predicted octanol–water partition coefficient (Wildman–Crippen LogP) is 16.3. The molecule has 1 spiro atoms. The van der Waals surface area contributed by atoms with Gasteiger partial charge in [0.1, 0.15) is 0 Å². The van der Waals surface area contributed by atoms with E-state index in [0.717, 1.165) is 28.3 Å². The highest BCUT2D eigenvalue weighted by Gasteiger charge is 2.51. The third-order valence-corrected chi connectivity index (χ3v) is 13.1. The van der Waals surface area contributed by atoms with Crippen molar-refractivity contribution in [2.75, 3.05) is 9.80 Å². The van der Waals surface area contributed by atoms with E-state index in [9.17, 15) is 0 Å². The Labute approximate surface area is 369 Å². The number of anilines is 6. The third-order valence-electron chi connectivity index (χ3n) is 13.1. The number of benzene rings is 10. The average Bonchev–Trinajstić information content (AvgIpc) is 3.65. The Kier molecular flexibility index (Phi) is 8.76. The van der Waals surface area contributed by atoms with Gasteiger partial charge in [0, 0.05) is 22.6 Å². The van der Waals surface area contributed by atoms with Crippen molar-refractivity contribution in [3.63, 3.8) is 0 Å². The number of hydrogen-bond acceptors (Lipinski definition) is 2. The molecule has 0 amide bonds. The zero-order valence-electron chi connectivity index (χ0n) is 34.6. The summed E-state index contributed by atoms with van der Waals surface area (Å²) in [7, 11) is 0. The topological polar surface area (TPSA) is 6.48 Å². The molecule has 10 aromatic rings. The summed E-state index contributed by atoms with van der Waals surface area (Å²) >= 11 is 0. The van der Waals surface area contributed by atoms with Crippen molar-refractivity contribution >= 4 is 34.1 Å². The fraction of sp³-hybridized carbons (Fsp3) is 0.0164. The molecule has 63 heavy (non-hydrogen) atoms. The molecule has 0 saturated carbocycles. The van der Waals surface area contributed by atoms with Gasteiger partial charge in [0.05, 0.1) is 22.5 Å². The lowest BCUT2D eigenvalue weighted by Gasteiger charge is -2.45. The molecule has 2 aliphatic rings. The summed E-state index contributed by atoms with van der Waals surface area (Å²) in [5.41, 5.74) is 21.1. The molecule has 0 bridgehead atoms. The maximum absolute atomic E-state index is 2.46. The van der Waals surface area contributed by atoms with Crippen LogP contribution in [0.3, 0.4) is 0 Å². The van der Waals surface area contributed by atoms with E-state index < -0.39 is 5.41 Å². The molecule has 0 radical (unpaired) electrons. The van der Waals surface area contributed by atoms with Crippen LogP contribution in [-0.4, -0.2) is 0 Å². The molecule has 1 aliphatic carbocycles. The first-order valence-electron chi connectivity index (χ1n) is 21.8. The molecule has 2 nitrogen and oxygen atoms in total. The summed E-state index contributed by atoms with van der Waals surface area (Å²) < 4.78 is 0. The molecule has 2 heteroatoms. The Hall–Kier alpha value is -8.20. The second-order valence-corrected chi connectivity index (χ2v) is 16.4. The van der Waals surface area contributed by atoms with Gasteiger partial charge in [-0.25, -0.2) is 0 Å². The Balaban J connectivity index is 1.10. The summed E-state index contributed by atoms with van der Waals surface area (Å²) in [6, 6.07) is 93.3. The lowest BCUT2D eigenvalue weighted by Crippen LogP contribution is -2.36. The van der Waals surface area contributed by atoms with Crippen LogP contribution < -0.4 is 9.80 Å². The van der Waals surface area contributed by atoms with Gasteiger partial charge in [-0.2, -0.15) is 0 Å². The van der Waals surface area contributed by atoms with Crippen molar-refractivity contribution in [3.05, 3.63) is 277 Å². The van der Waals surface area contributed by atoms with Crippen LogP contribution in [0.25, 0.3) is 44.5 Å². The molecule has 0 atom stereocenters. The minimum absolute atomic E-state index is 0.530. The van der Waals surface area contributed by atoms with Crippen LogP contribution in [0.15, 0.2) is 255 Å². The van der Waals surface area contributed by atoms with Crippen LogP contribution in [0.2, 0.25) is 0 Å². The highest BCUT2D eigenvalue weighted by atomic mass is 15.2. The molecule has 0 N–H and O–H groups in total.